The summed E-state index contributed by atoms with van der Waals surface area (Å²) in [7, 11) is 0. The highest BCUT2D eigenvalue weighted by Crippen LogP contribution is 2.08. The lowest BCUT2D eigenvalue weighted by atomic mass is 10.1. The molecule has 1 heterocycles. The molecular formula is C11H12N2O2. The van der Waals surface area contributed by atoms with E-state index in [1.165, 1.54) is 5.56 Å². The number of aliphatic hydroxyl groups is 1. The van der Waals surface area contributed by atoms with Gasteiger partial charge in [-0.25, -0.2) is 0 Å². The van der Waals surface area contributed by atoms with Crippen LogP contribution in [0, 0.1) is 6.92 Å². The molecule has 78 valence electrons. The molecule has 0 amide bonds. The Bertz CT molecular complexity index is 451. The van der Waals surface area contributed by atoms with Gasteiger partial charge in [-0.15, -0.1) is 0 Å². The fourth-order valence-electron chi connectivity index (χ4n) is 1.43. The van der Waals surface area contributed by atoms with Gasteiger partial charge in [-0.1, -0.05) is 35.0 Å². The van der Waals surface area contributed by atoms with E-state index >= 15 is 0 Å². The molecule has 2 aromatic rings. The summed E-state index contributed by atoms with van der Waals surface area (Å²) >= 11 is 0. The van der Waals surface area contributed by atoms with Crippen molar-refractivity contribution in [2.45, 2.75) is 20.0 Å². The Kier molecular flexibility index (Phi) is 2.78. The van der Waals surface area contributed by atoms with Gasteiger partial charge >= 0.3 is 0 Å². The van der Waals surface area contributed by atoms with E-state index in [4.69, 9.17) is 9.63 Å². The SMILES string of the molecule is Cc1cccc(Cc2noc(CO)n2)c1. The van der Waals surface area contributed by atoms with Crippen LogP contribution in [0.3, 0.4) is 0 Å². The van der Waals surface area contributed by atoms with Crippen molar-refractivity contribution in [3.8, 4) is 0 Å². The molecule has 1 aromatic heterocycles. The summed E-state index contributed by atoms with van der Waals surface area (Å²) in [6.45, 7) is 1.83. The molecule has 0 saturated heterocycles. The predicted octanol–water partition coefficient (Wildman–Crippen LogP) is 1.46. The van der Waals surface area contributed by atoms with E-state index in [-0.39, 0.29) is 12.5 Å². The van der Waals surface area contributed by atoms with Crippen LogP contribution in [-0.4, -0.2) is 15.2 Å². The van der Waals surface area contributed by atoms with E-state index in [2.05, 4.69) is 16.2 Å². The Hall–Kier alpha value is -1.68. The third kappa shape index (κ3) is 2.41. The first kappa shape index (κ1) is 9.86. The molecule has 0 radical (unpaired) electrons. The molecule has 1 N–H and O–H groups in total. The van der Waals surface area contributed by atoms with Gasteiger partial charge in [0.1, 0.15) is 6.61 Å². The molecule has 15 heavy (non-hydrogen) atoms. The second-order valence-electron chi connectivity index (χ2n) is 3.43. The average molecular weight is 204 g/mol. The second-order valence-corrected chi connectivity index (χ2v) is 3.43. The van der Waals surface area contributed by atoms with Gasteiger partial charge < -0.3 is 9.63 Å². The summed E-state index contributed by atoms with van der Waals surface area (Å²) in [4.78, 5) is 4.03. The molecular weight excluding hydrogens is 192 g/mol. The maximum Gasteiger partial charge on any atom is 0.252 e. The average Bonchev–Trinajstić information content (AvgIpc) is 2.65. The van der Waals surface area contributed by atoms with Gasteiger partial charge in [-0.05, 0) is 12.5 Å². The molecule has 0 aliphatic carbocycles. The number of aliphatic hydroxyl groups excluding tert-OH is 1. The van der Waals surface area contributed by atoms with Crippen molar-refractivity contribution in [3.63, 3.8) is 0 Å². The standard InChI is InChI=1S/C11H12N2O2/c1-8-3-2-4-9(5-8)6-10-12-11(7-14)15-13-10/h2-5,14H,6-7H2,1H3. The minimum atomic E-state index is -0.208. The Morgan fingerprint density at radius 2 is 2.27 bits per heavy atom. The highest BCUT2D eigenvalue weighted by atomic mass is 16.5. The molecule has 0 unspecified atom stereocenters. The summed E-state index contributed by atoms with van der Waals surface area (Å²) in [6, 6.07) is 8.13. The summed E-state index contributed by atoms with van der Waals surface area (Å²) in [5.74, 6) is 0.863. The predicted molar refractivity (Wildman–Crippen MR) is 54.2 cm³/mol. The molecule has 0 spiro atoms. The van der Waals surface area contributed by atoms with Crippen LogP contribution in [0.25, 0.3) is 0 Å². The van der Waals surface area contributed by atoms with Crippen molar-refractivity contribution >= 4 is 0 Å². The molecule has 0 bridgehead atoms. The maximum absolute atomic E-state index is 8.76. The molecule has 0 fully saturated rings. The lowest BCUT2D eigenvalue weighted by molar-refractivity contribution is 0.222. The van der Waals surface area contributed by atoms with Gasteiger partial charge in [0.15, 0.2) is 5.82 Å². The van der Waals surface area contributed by atoms with Crippen LogP contribution >= 0.6 is 0 Å². The number of hydrogen-bond donors (Lipinski definition) is 1. The van der Waals surface area contributed by atoms with Crippen molar-refractivity contribution in [1.82, 2.24) is 10.1 Å². The zero-order valence-electron chi connectivity index (χ0n) is 8.47. The van der Waals surface area contributed by atoms with Crippen LogP contribution in [0.2, 0.25) is 0 Å². The lowest BCUT2D eigenvalue weighted by Crippen LogP contribution is -1.91. The molecule has 0 aliphatic heterocycles. The summed E-state index contributed by atoms with van der Waals surface area (Å²) < 4.78 is 4.81. The molecule has 2 rings (SSSR count). The summed E-state index contributed by atoms with van der Waals surface area (Å²) in [6.07, 6.45) is 0.630. The Balaban J connectivity index is 2.14. The van der Waals surface area contributed by atoms with Crippen LogP contribution in [-0.2, 0) is 13.0 Å². The number of nitrogens with zero attached hydrogens (tertiary/aromatic N) is 2. The Morgan fingerprint density at radius 3 is 2.93 bits per heavy atom. The van der Waals surface area contributed by atoms with Gasteiger partial charge in [-0.3, -0.25) is 0 Å². The quantitative estimate of drug-likeness (QED) is 0.822. The number of aryl methyl sites for hydroxylation is 1. The van der Waals surface area contributed by atoms with Crippen molar-refractivity contribution < 1.29 is 9.63 Å². The normalized spacial score (nSPS) is 10.5. The van der Waals surface area contributed by atoms with Gasteiger partial charge in [0.25, 0.3) is 5.89 Å². The number of aromatic nitrogens is 2. The first-order valence-corrected chi connectivity index (χ1v) is 4.76. The maximum atomic E-state index is 8.76. The number of rotatable bonds is 3. The van der Waals surface area contributed by atoms with Crippen LogP contribution in [0.1, 0.15) is 22.8 Å². The Labute approximate surface area is 87.6 Å². The summed E-state index contributed by atoms with van der Waals surface area (Å²) in [5, 5.41) is 12.5. The first-order chi connectivity index (χ1) is 7.28. The molecule has 0 aliphatic rings. The van der Waals surface area contributed by atoms with Gasteiger partial charge in [0.05, 0.1) is 0 Å². The number of hydrogen-bond acceptors (Lipinski definition) is 4. The van der Waals surface area contributed by atoms with E-state index in [0.717, 1.165) is 5.56 Å². The third-order valence-corrected chi connectivity index (χ3v) is 2.09. The highest BCUT2D eigenvalue weighted by Gasteiger charge is 2.05. The molecule has 0 atom stereocenters. The van der Waals surface area contributed by atoms with E-state index in [1.54, 1.807) is 0 Å². The van der Waals surface area contributed by atoms with E-state index < -0.39 is 0 Å². The van der Waals surface area contributed by atoms with Gasteiger partial charge in [0.2, 0.25) is 0 Å². The zero-order chi connectivity index (χ0) is 10.7. The Morgan fingerprint density at radius 1 is 1.40 bits per heavy atom. The second kappa shape index (κ2) is 4.23. The van der Waals surface area contributed by atoms with E-state index in [0.29, 0.717) is 12.2 Å². The minimum absolute atomic E-state index is 0.208. The zero-order valence-corrected chi connectivity index (χ0v) is 8.47. The monoisotopic (exact) mass is 204 g/mol. The van der Waals surface area contributed by atoms with E-state index in [1.807, 2.05) is 25.1 Å². The fraction of sp³-hybridized carbons (Fsp3) is 0.273. The van der Waals surface area contributed by atoms with Crippen molar-refractivity contribution in [3.05, 3.63) is 47.1 Å². The molecule has 1 aromatic carbocycles. The van der Waals surface area contributed by atoms with Gasteiger partial charge in [-0.2, -0.15) is 4.98 Å². The van der Waals surface area contributed by atoms with Gasteiger partial charge in [0, 0.05) is 6.42 Å². The number of benzene rings is 1. The van der Waals surface area contributed by atoms with Crippen molar-refractivity contribution in [2.75, 3.05) is 0 Å². The topological polar surface area (TPSA) is 59.2 Å². The van der Waals surface area contributed by atoms with E-state index in [9.17, 15) is 0 Å². The largest absolute Gasteiger partial charge is 0.387 e. The van der Waals surface area contributed by atoms with Crippen LogP contribution < -0.4 is 0 Å². The van der Waals surface area contributed by atoms with Crippen molar-refractivity contribution in [2.24, 2.45) is 0 Å². The van der Waals surface area contributed by atoms with Crippen molar-refractivity contribution in [1.29, 1.82) is 0 Å². The van der Waals surface area contributed by atoms with Crippen LogP contribution in [0.4, 0.5) is 0 Å². The highest BCUT2D eigenvalue weighted by molar-refractivity contribution is 5.24. The lowest BCUT2D eigenvalue weighted by Gasteiger charge is -1.97. The first-order valence-electron chi connectivity index (χ1n) is 4.76. The summed E-state index contributed by atoms with van der Waals surface area (Å²) in [5.41, 5.74) is 2.35. The fourth-order valence-corrected chi connectivity index (χ4v) is 1.43. The smallest absolute Gasteiger partial charge is 0.252 e. The molecule has 0 saturated carbocycles. The molecule has 4 nitrogen and oxygen atoms in total. The minimum Gasteiger partial charge on any atom is -0.387 e. The molecule has 4 heteroatoms. The van der Waals surface area contributed by atoms with Crippen LogP contribution in [0.5, 0.6) is 0 Å². The third-order valence-electron chi connectivity index (χ3n) is 2.09. The van der Waals surface area contributed by atoms with Crippen LogP contribution in [0.15, 0.2) is 28.8 Å².